The highest BCUT2D eigenvalue weighted by Gasteiger charge is 2.26. The quantitative estimate of drug-likeness (QED) is 0.293. The lowest BCUT2D eigenvalue weighted by molar-refractivity contribution is 0.591. The highest BCUT2D eigenvalue weighted by atomic mass is 79.9. The van der Waals surface area contributed by atoms with E-state index in [1.54, 1.807) is 30.3 Å². The summed E-state index contributed by atoms with van der Waals surface area (Å²) in [6.45, 7) is 0. The molecule has 0 fully saturated rings. The number of pyridine rings is 1. The molecule has 0 saturated heterocycles. The van der Waals surface area contributed by atoms with Gasteiger partial charge in [-0.2, -0.15) is 5.26 Å². The van der Waals surface area contributed by atoms with Crippen molar-refractivity contribution in [2.24, 2.45) is 0 Å². The molecule has 4 aromatic rings. The molecule has 3 aromatic carbocycles. The molecule has 158 valence electrons. The van der Waals surface area contributed by atoms with Crippen molar-refractivity contribution in [1.82, 2.24) is 4.98 Å². The van der Waals surface area contributed by atoms with Crippen molar-refractivity contribution >= 4 is 37.4 Å². The molecule has 1 aromatic heterocycles. The van der Waals surface area contributed by atoms with Crippen LogP contribution in [0.4, 0.5) is 0 Å². The Hall–Kier alpha value is -2.98. The van der Waals surface area contributed by atoms with E-state index >= 15 is 0 Å². The van der Waals surface area contributed by atoms with E-state index in [-0.39, 0.29) is 16.3 Å². The lowest BCUT2D eigenvalue weighted by Gasteiger charge is -2.13. The maximum Gasteiger partial charge on any atom is 0.201 e. The molecule has 0 aliphatic heterocycles. The normalized spacial score (nSPS) is 11.2. The van der Waals surface area contributed by atoms with Gasteiger partial charge in [-0.3, -0.25) is 0 Å². The van der Waals surface area contributed by atoms with Crippen molar-refractivity contribution in [3.05, 3.63) is 106 Å². The first-order valence-corrected chi connectivity index (χ1v) is 12.4. The minimum absolute atomic E-state index is 0.0334. The van der Waals surface area contributed by atoms with Crippen LogP contribution in [0, 0.1) is 11.3 Å². The second-order valence-electron chi connectivity index (χ2n) is 7.11. The average molecular weight is 524 g/mol. The molecule has 4 rings (SSSR count). The topological polar surface area (TPSA) is 70.8 Å². The number of sulfone groups is 1. The Balaban J connectivity index is 1.93. The molecular formula is C25H16BrClN2O2S. The predicted octanol–water partition coefficient (Wildman–Crippen LogP) is 6.68. The average Bonchev–Trinajstić information content (AvgIpc) is 2.80. The van der Waals surface area contributed by atoms with Crippen LogP contribution in [0.15, 0.2) is 94.4 Å². The van der Waals surface area contributed by atoms with Crippen molar-refractivity contribution in [3.8, 4) is 28.5 Å². The van der Waals surface area contributed by atoms with Crippen molar-refractivity contribution in [2.75, 3.05) is 0 Å². The molecule has 0 aliphatic carbocycles. The second-order valence-corrected chi connectivity index (χ2v) is 10.4. The predicted molar refractivity (Wildman–Crippen MR) is 130 cm³/mol. The number of aromatic nitrogens is 1. The van der Waals surface area contributed by atoms with Crippen LogP contribution in [0.5, 0.6) is 0 Å². The van der Waals surface area contributed by atoms with Crippen LogP contribution in [-0.4, -0.2) is 13.4 Å². The van der Waals surface area contributed by atoms with Gasteiger partial charge in [0.05, 0.1) is 17.0 Å². The Labute approximate surface area is 200 Å². The molecule has 0 spiro atoms. The van der Waals surface area contributed by atoms with Crippen LogP contribution in [-0.2, 0) is 15.6 Å². The van der Waals surface area contributed by atoms with E-state index in [9.17, 15) is 13.7 Å². The summed E-state index contributed by atoms with van der Waals surface area (Å²) >= 11 is 9.34. The molecule has 0 saturated carbocycles. The van der Waals surface area contributed by atoms with E-state index < -0.39 is 9.84 Å². The Morgan fingerprint density at radius 2 is 1.56 bits per heavy atom. The fourth-order valence-corrected chi connectivity index (χ4v) is 5.20. The monoisotopic (exact) mass is 522 g/mol. The zero-order valence-corrected chi connectivity index (χ0v) is 19.8. The first-order valence-electron chi connectivity index (χ1n) is 9.61. The van der Waals surface area contributed by atoms with Gasteiger partial charge in [0.1, 0.15) is 6.07 Å². The summed E-state index contributed by atoms with van der Waals surface area (Å²) in [5.41, 5.74) is 3.09. The van der Waals surface area contributed by atoms with Gasteiger partial charge in [-0.25, -0.2) is 13.4 Å². The third-order valence-electron chi connectivity index (χ3n) is 4.89. The highest BCUT2D eigenvalue weighted by Crippen LogP contribution is 2.33. The number of nitriles is 1. The molecule has 0 unspecified atom stereocenters. The largest absolute Gasteiger partial charge is 0.235 e. The Bertz CT molecular complexity index is 1410. The fraction of sp³-hybridized carbons (Fsp3) is 0.0400. The summed E-state index contributed by atoms with van der Waals surface area (Å²) in [6, 6.07) is 27.1. The highest BCUT2D eigenvalue weighted by molar-refractivity contribution is 9.10. The van der Waals surface area contributed by atoms with Crippen LogP contribution in [0.2, 0.25) is 5.02 Å². The molecular weight excluding hydrogens is 508 g/mol. The zero-order valence-electron chi connectivity index (χ0n) is 16.7. The summed E-state index contributed by atoms with van der Waals surface area (Å²) in [5.74, 6) is -0.288. The molecule has 0 atom stereocenters. The standard InChI is InChI=1S/C25H16BrClN2O2S/c26-20-10-8-19(9-11-20)24-14-22(18-4-2-1-3-5-18)23(15-28)25(29-24)32(30,31)16-17-6-12-21(27)13-7-17/h1-14H,16H2. The molecule has 7 heteroatoms. The van der Waals surface area contributed by atoms with E-state index in [0.29, 0.717) is 21.8 Å². The van der Waals surface area contributed by atoms with Crippen molar-refractivity contribution in [1.29, 1.82) is 5.26 Å². The van der Waals surface area contributed by atoms with Crippen molar-refractivity contribution < 1.29 is 8.42 Å². The van der Waals surface area contributed by atoms with Gasteiger partial charge in [0, 0.05) is 20.6 Å². The van der Waals surface area contributed by atoms with E-state index in [1.807, 2.05) is 54.6 Å². The van der Waals surface area contributed by atoms with E-state index in [1.165, 1.54) is 0 Å². The number of nitrogens with zero attached hydrogens (tertiary/aromatic N) is 2. The molecule has 1 heterocycles. The third kappa shape index (κ3) is 4.76. The van der Waals surface area contributed by atoms with Gasteiger partial charge >= 0.3 is 0 Å². The van der Waals surface area contributed by atoms with Gasteiger partial charge in [-0.15, -0.1) is 0 Å². The third-order valence-corrected chi connectivity index (χ3v) is 7.27. The minimum atomic E-state index is -3.92. The van der Waals surface area contributed by atoms with Crippen LogP contribution >= 0.6 is 27.5 Å². The molecule has 0 amide bonds. The van der Waals surface area contributed by atoms with Gasteiger partial charge in [0.25, 0.3) is 0 Å². The summed E-state index contributed by atoms with van der Waals surface area (Å²) in [4.78, 5) is 4.46. The first kappa shape index (κ1) is 22.2. The maximum atomic E-state index is 13.4. The Kier molecular flexibility index (Phi) is 6.43. The number of benzene rings is 3. The van der Waals surface area contributed by atoms with Gasteiger partial charge in [-0.1, -0.05) is 82.1 Å². The minimum Gasteiger partial charge on any atom is -0.235 e. The van der Waals surface area contributed by atoms with Gasteiger partial charge in [0.2, 0.25) is 9.84 Å². The Morgan fingerprint density at radius 1 is 0.906 bits per heavy atom. The maximum absolute atomic E-state index is 13.4. The van der Waals surface area contributed by atoms with Gasteiger partial charge in [-0.05, 0) is 41.5 Å². The summed E-state index contributed by atoms with van der Waals surface area (Å²) in [7, 11) is -3.92. The smallest absolute Gasteiger partial charge is 0.201 e. The number of rotatable bonds is 5. The molecule has 0 N–H and O–H groups in total. The lowest BCUT2D eigenvalue weighted by Crippen LogP contribution is -2.11. The van der Waals surface area contributed by atoms with Crippen LogP contribution in [0.1, 0.15) is 11.1 Å². The zero-order chi connectivity index (χ0) is 22.7. The Morgan fingerprint density at radius 3 is 2.19 bits per heavy atom. The van der Waals surface area contributed by atoms with Crippen LogP contribution in [0.25, 0.3) is 22.4 Å². The fourth-order valence-electron chi connectivity index (χ4n) is 3.34. The first-order chi connectivity index (χ1) is 15.4. The summed E-state index contributed by atoms with van der Waals surface area (Å²) < 4.78 is 27.8. The van der Waals surface area contributed by atoms with Crippen LogP contribution < -0.4 is 0 Å². The molecule has 0 aliphatic rings. The molecule has 0 bridgehead atoms. The molecule has 4 nitrogen and oxygen atoms in total. The van der Waals surface area contributed by atoms with E-state index in [4.69, 9.17) is 11.6 Å². The SMILES string of the molecule is N#Cc1c(-c2ccccc2)cc(-c2ccc(Br)cc2)nc1S(=O)(=O)Cc1ccc(Cl)cc1. The van der Waals surface area contributed by atoms with Gasteiger partial charge in [0.15, 0.2) is 5.03 Å². The van der Waals surface area contributed by atoms with E-state index in [0.717, 1.165) is 15.6 Å². The number of hydrogen-bond acceptors (Lipinski definition) is 4. The van der Waals surface area contributed by atoms with E-state index in [2.05, 4.69) is 27.0 Å². The van der Waals surface area contributed by atoms with Gasteiger partial charge < -0.3 is 0 Å². The second kappa shape index (κ2) is 9.25. The summed E-state index contributed by atoms with van der Waals surface area (Å²) in [5, 5.41) is 10.2. The summed E-state index contributed by atoms with van der Waals surface area (Å²) in [6.07, 6.45) is 0. The van der Waals surface area contributed by atoms with Crippen molar-refractivity contribution in [2.45, 2.75) is 10.8 Å². The molecule has 0 radical (unpaired) electrons. The van der Waals surface area contributed by atoms with Crippen molar-refractivity contribution in [3.63, 3.8) is 0 Å². The lowest BCUT2D eigenvalue weighted by atomic mass is 9.99. The number of hydrogen-bond donors (Lipinski definition) is 0. The molecule has 32 heavy (non-hydrogen) atoms. The van der Waals surface area contributed by atoms with Crippen LogP contribution in [0.3, 0.4) is 0 Å². The number of halogens is 2.